The molecule has 0 unspecified atom stereocenters. The zero-order valence-electron chi connectivity index (χ0n) is 12.3. The van der Waals surface area contributed by atoms with Crippen molar-refractivity contribution >= 4 is 17.4 Å². The average molecular weight is 286 g/mol. The molecule has 0 aliphatic heterocycles. The first-order valence-corrected chi connectivity index (χ1v) is 6.69. The number of nitrogens with zero attached hydrogens (tertiary/aromatic N) is 2. The van der Waals surface area contributed by atoms with Gasteiger partial charge >= 0.3 is 0 Å². The molecule has 0 saturated heterocycles. The predicted octanol–water partition coefficient (Wildman–Crippen LogP) is 2.48. The van der Waals surface area contributed by atoms with Crippen LogP contribution in [0.15, 0.2) is 30.5 Å². The van der Waals surface area contributed by atoms with E-state index in [1.807, 2.05) is 13.8 Å². The van der Waals surface area contributed by atoms with Gasteiger partial charge in [0.05, 0.1) is 18.5 Å². The maximum Gasteiger partial charge on any atom is 0.255 e. The fourth-order valence-electron chi connectivity index (χ4n) is 1.82. The highest BCUT2D eigenvalue weighted by atomic mass is 16.5. The van der Waals surface area contributed by atoms with Crippen LogP contribution in [0, 0.1) is 6.92 Å². The van der Waals surface area contributed by atoms with E-state index in [1.54, 1.807) is 37.5 Å². The number of carbonyl (C=O) groups excluding carboxylic acids is 1. The number of anilines is 2. The number of nitrogens with one attached hydrogen (secondary N) is 2. The number of hydrogen-bond donors (Lipinski definition) is 2. The second-order valence-corrected chi connectivity index (χ2v) is 4.40. The van der Waals surface area contributed by atoms with Crippen molar-refractivity contribution in [2.24, 2.45) is 0 Å². The highest BCUT2D eigenvalue weighted by Crippen LogP contribution is 2.15. The Bertz CT molecular complexity index is 626. The van der Waals surface area contributed by atoms with Crippen LogP contribution in [-0.2, 0) is 0 Å². The van der Waals surface area contributed by atoms with Gasteiger partial charge in [0.2, 0.25) is 5.88 Å². The summed E-state index contributed by atoms with van der Waals surface area (Å²) in [5.41, 5.74) is 1.93. The molecule has 2 N–H and O–H groups in total. The van der Waals surface area contributed by atoms with Crippen molar-refractivity contribution in [2.45, 2.75) is 13.8 Å². The summed E-state index contributed by atoms with van der Waals surface area (Å²) >= 11 is 0. The van der Waals surface area contributed by atoms with E-state index in [2.05, 4.69) is 20.6 Å². The topological polar surface area (TPSA) is 76.1 Å². The maximum atomic E-state index is 12.2. The molecule has 6 nitrogen and oxygen atoms in total. The number of carbonyl (C=O) groups is 1. The summed E-state index contributed by atoms with van der Waals surface area (Å²) in [4.78, 5) is 20.6. The standard InChI is InChI=1S/C15H18N4O2/c1-4-21-14-6-5-12(9-17-14)19-15(20)11-7-10(2)18-13(8-11)16-3/h5-9H,4H2,1-3H3,(H,16,18)(H,19,20). The van der Waals surface area contributed by atoms with Gasteiger partial charge < -0.3 is 15.4 Å². The minimum absolute atomic E-state index is 0.206. The predicted molar refractivity (Wildman–Crippen MR) is 81.9 cm³/mol. The Morgan fingerprint density at radius 1 is 1.33 bits per heavy atom. The first-order valence-electron chi connectivity index (χ1n) is 6.69. The molecular formula is C15H18N4O2. The molecule has 0 aliphatic rings. The summed E-state index contributed by atoms with van der Waals surface area (Å²) in [6.07, 6.45) is 1.57. The van der Waals surface area contributed by atoms with Crippen LogP contribution < -0.4 is 15.4 Å². The lowest BCUT2D eigenvalue weighted by molar-refractivity contribution is 0.102. The Balaban J connectivity index is 2.12. The van der Waals surface area contributed by atoms with Crippen LogP contribution in [0.2, 0.25) is 0 Å². The van der Waals surface area contributed by atoms with Crippen molar-refractivity contribution in [3.8, 4) is 5.88 Å². The molecule has 2 aromatic heterocycles. The van der Waals surface area contributed by atoms with Crippen LogP contribution in [0.1, 0.15) is 23.0 Å². The van der Waals surface area contributed by atoms with Gasteiger partial charge in [-0.1, -0.05) is 0 Å². The Morgan fingerprint density at radius 2 is 2.14 bits per heavy atom. The third-order valence-electron chi connectivity index (χ3n) is 2.76. The fraction of sp³-hybridized carbons (Fsp3) is 0.267. The van der Waals surface area contributed by atoms with E-state index in [1.165, 1.54) is 0 Å². The number of hydrogen-bond acceptors (Lipinski definition) is 5. The van der Waals surface area contributed by atoms with Crippen molar-refractivity contribution in [1.29, 1.82) is 0 Å². The Hall–Kier alpha value is -2.63. The summed E-state index contributed by atoms with van der Waals surface area (Å²) < 4.78 is 5.26. The normalized spacial score (nSPS) is 10.0. The Labute approximate surface area is 123 Å². The van der Waals surface area contributed by atoms with Crippen LogP contribution in [-0.4, -0.2) is 29.5 Å². The zero-order chi connectivity index (χ0) is 15.2. The molecule has 0 bridgehead atoms. The second-order valence-electron chi connectivity index (χ2n) is 4.40. The van der Waals surface area contributed by atoms with E-state index in [0.717, 1.165) is 5.69 Å². The van der Waals surface area contributed by atoms with E-state index >= 15 is 0 Å². The van der Waals surface area contributed by atoms with Crippen molar-refractivity contribution in [2.75, 3.05) is 24.3 Å². The molecule has 110 valence electrons. The second kappa shape index (κ2) is 6.69. The molecule has 0 aliphatic carbocycles. The molecular weight excluding hydrogens is 268 g/mol. The largest absolute Gasteiger partial charge is 0.478 e. The number of pyridine rings is 2. The van der Waals surface area contributed by atoms with Crippen LogP contribution in [0.25, 0.3) is 0 Å². The lowest BCUT2D eigenvalue weighted by Crippen LogP contribution is -2.13. The van der Waals surface area contributed by atoms with Crippen LogP contribution in [0.5, 0.6) is 5.88 Å². The Kier molecular flexibility index (Phi) is 4.71. The van der Waals surface area contributed by atoms with Gasteiger partial charge in [-0.25, -0.2) is 9.97 Å². The lowest BCUT2D eigenvalue weighted by atomic mass is 10.2. The third-order valence-corrected chi connectivity index (χ3v) is 2.76. The van der Waals surface area contributed by atoms with Gasteiger partial charge in [0.25, 0.3) is 5.91 Å². The van der Waals surface area contributed by atoms with Crippen LogP contribution in [0.3, 0.4) is 0 Å². The molecule has 21 heavy (non-hydrogen) atoms. The lowest BCUT2D eigenvalue weighted by Gasteiger charge is -2.08. The van der Waals surface area contributed by atoms with Gasteiger partial charge in [-0.2, -0.15) is 0 Å². The minimum atomic E-state index is -0.206. The first kappa shape index (κ1) is 14.8. The number of ether oxygens (including phenoxy) is 1. The molecule has 0 aromatic carbocycles. The minimum Gasteiger partial charge on any atom is -0.478 e. The molecule has 2 heterocycles. The van der Waals surface area contributed by atoms with Gasteiger partial charge in [0.15, 0.2) is 0 Å². The Morgan fingerprint density at radius 3 is 2.76 bits per heavy atom. The smallest absolute Gasteiger partial charge is 0.255 e. The molecule has 2 aromatic rings. The summed E-state index contributed by atoms with van der Waals surface area (Å²) in [6.45, 7) is 4.29. The van der Waals surface area contributed by atoms with Crippen molar-refractivity contribution in [3.63, 3.8) is 0 Å². The SMILES string of the molecule is CCOc1ccc(NC(=O)c2cc(C)nc(NC)c2)cn1. The van der Waals surface area contributed by atoms with E-state index < -0.39 is 0 Å². The maximum absolute atomic E-state index is 12.2. The average Bonchev–Trinajstić information content (AvgIpc) is 2.48. The van der Waals surface area contributed by atoms with E-state index in [0.29, 0.717) is 29.6 Å². The van der Waals surface area contributed by atoms with Gasteiger partial charge in [0.1, 0.15) is 5.82 Å². The molecule has 0 fully saturated rings. The van der Waals surface area contributed by atoms with Gasteiger partial charge in [0, 0.05) is 24.4 Å². The van der Waals surface area contributed by atoms with E-state index in [4.69, 9.17) is 4.74 Å². The number of aryl methyl sites for hydroxylation is 1. The van der Waals surface area contributed by atoms with Gasteiger partial charge in [-0.15, -0.1) is 0 Å². The molecule has 0 radical (unpaired) electrons. The molecule has 6 heteroatoms. The van der Waals surface area contributed by atoms with Crippen molar-refractivity contribution < 1.29 is 9.53 Å². The molecule has 0 saturated carbocycles. The fourth-order valence-corrected chi connectivity index (χ4v) is 1.82. The third kappa shape index (κ3) is 3.92. The molecule has 1 amide bonds. The zero-order valence-corrected chi connectivity index (χ0v) is 12.3. The quantitative estimate of drug-likeness (QED) is 0.883. The monoisotopic (exact) mass is 286 g/mol. The summed E-state index contributed by atoms with van der Waals surface area (Å²) in [7, 11) is 1.76. The molecule has 2 rings (SSSR count). The van der Waals surface area contributed by atoms with E-state index in [-0.39, 0.29) is 5.91 Å². The van der Waals surface area contributed by atoms with E-state index in [9.17, 15) is 4.79 Å². The number of aromatic nitrogens is 2. The molecule has 0 atom stereocenters. The summed E-state index contributed by atoms with van der Waals surface area (Å²) in [5.74, 6) is 0.987. The van der Waals surface area contributed by atoms with Crippen LogP contribution in [0.4, 0.5) is 11.5 Å². The first-order chi connectivity index (χ1) is 10.1. The van der Waals surface area contributed by atoms with Crippen molar-refractivity contribution in [1.82, 2.24) is 9.97 Å². The summed E-state index contributed by atoms with van der Waals surface area (Å²) in [5, 5.41) is 5.72. The highest BCUT2D eigenvalue weighted by Gasteiger charge is 2.09. The summed E-state index contributed by atoms with van der Waals surface area (Å²) in [6, 6.07) is 6.90. The highest BCUT2D eigenvalue weighted by molar-refractivity contribution is 6.04. The number of amides is 1. The van der Waals surface area contributed by atoms with Gasteiger partial charge in [-0.05, 0) is 32.0 Å². The number of rotatable bonds is 5. The van der Waals surface area contributed by atoms with Gasteiger partial charge in [-0.3, -0.25) is 4.79 Å². The van der Waals surface area contributed by atoms with Crippen molar-refractivity contribution in [3.05, 3.63) is 41.7 Å². The van der Waals surface area contributed by atoms with Crippen LogP contribution >= 0.6 is 0 Å². The molecule has 0 spiro atoms.